The number of hydrogen-bond acceptors (Lipinski definition) is 5. The zero-order valence-corrected chi connectivity index (χ0v) is 14.8. The van der Waals surface area contributed by atoms with E-state index in [9.17, 15) is 18.4 Å². The lowest BCUT2D eigenvalue weighted by Crippen LogP contribution is -2.18. The Labute approximate surface area is 158 Å². The van der Waals surface area contributed by atoms with Crippen LogP contribution in [-0.4, -0.2) is 29.8 Å². The van der Waals surface area contributed by atoms with Crippen molar-refractivity contribution in [3.63, 3.8) is 0 Å². The molecule has 1 aliphatic heterocycles. The Balaban J connectivity index is 1.62. The molecular formula is C19H17F2N3O4. The fraction of sp³-hybridized carbons (Fsp3) is 0.263. The van der Waals surface area contributed by atoms with Crippen LogP contribution < -0.4 is 11.1 Å². The van der Waals surface area contributed by atoms with Crippen molar-refractivity contribution in [1.29, 1.82) is 0 Å². The van der Waals surface area contributed by atoms with Crippen molar-refractivity contribution in [1.82, 2.24) is 4.90 Å². The van der Waals surface area contributed by atoms with Crippen LogP contribution in [0.15, 0.2) is 33.1 Å². The average molecular weight is 389 g/mol. The van der Waals surface area contributed by atoms with E-state index in [0.29, 0.717) is 18.4 Å². The van der Waals surface area contributed by atoms with Gasteiger partial charge < -0.3 is 19.9 Å². The molecule has 3 N–H and O–H groups in total. The zero-order chi connectivity index (χ0) is 19.8. The Bertz CT molecular complexity index is 1070. The first kappa shape index (κ1) is 18.2. The number of rotatable bonds is 5. The summed E-state index contributed by atoms with van der Waals surface area (Å²) < 4.78 is 38.2. The topological polar surface area (TPSA) is 102 Å². The van der Waals surface area contributed by atoms with E-state index in [2.05, 4.69) is 10.2 Å². The SMILES string of the molecule is NC(=O)c1oc2c(F)cc(F)cc2c1NC(=O)c1ccc(CN2CCCC2)o1. The number of carbonyl (C=O) groups is 2. The fourth-order valence-corrected chi connectivity index (χ4v) is 3.34. The van der Waals surface area contributed by atoms with Crippen LogP contribution in [0.1, 0.15) is 39.7 Å². The van der Waals surface area contributed by atoms with Gasteiger partial charge in [0.2, 0.25) is 5.76 Å². The molecular weight excluding hydrogens is 372 g/mol. The Morgan fingerprint density at radius 1 is 1.14 bits per heavy atom. The van der Waals surface area contributed by atoms with Crippen molar-refractivity contribution in [2.75, 3.05) is 18.4 Å². The minimum Gasteiger partial charge on any atom is -0.455 e. The van der Waals surface area contributed by atoms with Crippen molar-refractivity contribution < 1.29 is 27.2 Å². The number of nitrogens with one attached hydrogen (secondary N) is 1. The molecule has 2 amide bonds. The summed E-state index contributed by atoms with van der Waals surface area (Å²) in [5.74, 6) is -3.47. The van der Waals surface area contributed by atoms with Crippen molar-refractivity contribution >= 4 is 28.5 Å². The number of likely N-dealkylation sites (tertiary alicyclic amines) is 1. The van der Waals surface area contributed by atoms with E-state index in [1.165, 1.54) is 6.07 Å². The number of amides is 2. The first-order chi connectivity index (χ1) is 13.4. The molecule has 1 saturated heterocycles. The highest BCUT2D eigenvalue weighted by atomic mass is 19.1. The quantitative estimate of drug-likeness (QED) is 0.697. The standard InChI is InChI=1S/C19H17F2N3O4/c20-10-7-12-15(17(18(22)25)28-16(12)13(21)8-10)23-19(26)14-4-3-11(27-14)9-24-5-1-2-6-24/h3-4,7-8H,1-2,5-6,9H2,(H2,22,25)(H,23,26). The van der Waals surface area contributed by atoms with Gasteiger partial charge in [-0.25, -0.2) is 8.78 Å². The van der Waals surface area contributed by atoms with Gasteiger partial charge >= 0.3 is 0 Å². The number of nitrogens with two attached hydrogens (primary N) is 1. The summed E-state index contributed by atoms with van der Waals surface area (Å²) in [4.78, 5) is 26.4. The average Bonchev–Trinajstić information content (AvgIpc) is 3.36. The number of fused-ring (bicyclic) bond motifs is 1. The minimum atomic E-state index is -1.03. The van der Waals surface area contributed by atoms with Gasteiger partial charge in [0.25, 0.3) is 11.8 Å². The monoisotopic (exact) mass is 389 g/mol. The molecule has 2 aromatic heterocycles. The highest BCUT2D eigenvalue weighted by molar-refractivity contribution is 6.13. The Morgan fingerprint density at radius 2 is 1.89 bits per heavy atom. The van der Waals surface area contributed by atoms with E-state index in [1.807, 2.05) is 0 Å². The molecule has 0 saturated carbocycles. The number of furan rings is 2. The number of carbonyl (C=O) groups excluding carboxylic acids is 2. The van der Waals surface area contributed by atoms with Crippen LogP contribution in [-0.2, 0) is 6.54 Å². The van der Waals surface area contributed by atoms with E-state index in [0.717, 1.165) is 32.0 Å². The third-order valence-electron chi connectivity index (χ3n) is 4.63. The molecule has 0 spiro atoms. The molecule has 1 aliphatic rings. The Morgan fingerprint density at radius 3 is 2.61 bits per heavy atom. The maximum atomic E-state index is 13.9. The van der Waals surface area contributed by atoms with Gasteiger partial charge in [0, 0.05) is 6.07 Å². The summed E-state index contributed by atoms with van der Waals surface area (Å²) in [5, 5.41) is 2.31. The van der Waals surface area contributed by atoms with Gasteiger partial charge in [0.1, 0.15) is 17.3 Å². The van der Waals surface area contributed by atoms with Crippen LogP contribution in [0.4, 0.5) is 14.5 Å². The zero-order valence-electron chi connectivity index (χ0n) is 14.8. The molecule has 0 atom stereocenters. The van der Waals surface area contributed by atoms with Crippen molar-refractivity contribution in [2.24, 2.45) is 5.73 Å². The molecule has 7 nitrogen and oxygen atoms in total. The lowest BCUT2D eigenvalue weighted by atomic mass is 10.2. The summed E-state index contributed by atoms with van der Waals surface area (Å²) in [6.45, 7) is 2.54. The number of nitrogens with zero attached hydrogens (tertiary/aromatic N) is 1. The predicted molar refractivity (Wildman–Crippen MR) is 95.8 cm³/mol. The maximum Gasteiger partial charge on any atom is 0.291 e. The van der Waals surface area contributed by atoms with Crippen molar-refractivity contribution in [3.8, 4) is 0 Å². The maximum absolute atomic E-state index is 13.9. The van der Waals surface area contributed by atoms with Gasteiger partial charge in [-0.1, -0.05) is 0 Å². The third kappa shape index (κ3) is 3.36. The fourth-order valence-electron chi connectivity index (χ4n) is 3.34. The van der Waals surface area contributed by atoms with Gasteiger partial charge in [-0.05, 0) is 44.1 Å². The van der Waals surface area contributed by atoms with Crippen LogP contribution in [0.3, 0.4) is 0 Å². The van der Waals surface area contributed by atoms with E-state index in [4.69, 9.17) is 14.6 Å². The molecule has 146 valence electrons. The van der Waals surface area contributed by atoms with Crippen LogP contribution in [0.2, 0.25) is 0 Å². The lowest BCUT2D eigenvalue weighted by Gasteiger charge is -2.11. The Hall–Kier alpha value is -3.20. The second-order valence-electron chi connectivity index (χ2n) is 6.64. The molecule has 1 fully saturated rings. The molecule has 0 radical (unpaired) electrons. The van der Waals surface area contributed by atoms with Crippen molar-refractivity contribution in [2.45, 2.75) is 19.4 Å². The number of benzene rings is 1. The highest BCUT2D eigenvalue weighted by Gasteiger charge is 2.25. The summed E-state index contributed by atoms with van der Waals surface area (Å²) in [5.41, 5.74) is 4.67. The van der Waals surface area contributed by atoms with Gasteiger partial charge in [0.15, 0.2) is 17.2 Å². The second kappa shape index (κ2) is 7.08. The summed E-state index contributed by atoms with van der Waals surface area (Å²) in [6, 6.07) is 4.74. The number of anilines is 1. The normalized spacial score (nSPS) is 14.6. The summed E-state index contributed by atoms with van der Waals surface area (Å²) in [7, 11) is 0. The van der Waals surface area contributed by atoms with Crippen molar-refractivity contribution in [3.05, 3.63) is 53.2 Å². The highest BCUT2D eigenvalue weighted by Crippen LogP contribution is 2.33. The number of hydrogen-bond donors (Lipinski definition) is 2. The van der Waals surface area contributed by atoms with E-state index in [-0.39, 0.29) is 22.4 Å². The number of primary amides is 1. The summed E-state index contributed by atoms with van der Waals surface area (Å²) >= 11 is 0. The molecule has 3 heterocycles. The van der Waals surface area contributed by atoms with E-state index in [1.54, 1.807) is 6.07 Å². The van der Waals surface area contributed by atoms with Gasteiger partial charge in [-0.3, -0.25) is 14.5 Å². The molecule has 3 aromatic rings. The summed E-state index contributed by atoms with van der Waals surface area (Å²) in [6.07, 6.45) is 2.26. The minimum absolute atomic E-state index is 0.00385. The van der Waals surface area contributed by atoms with E-state index >= 15 is 0 Å². The van der Waals surface area contributed by atoms with Crippen LogP contribution in [0, 0.1) is 11.6 Å². The first-order valence-electron chi connectivity index (χ1n) is 8.76. The van der Waals surface area contributed by atoms with Gasteiger partial charge in [0.05, 0.1) is 11.9 Å². The largest absolute Gasteiger partial charge is 0.455 e. The van der Waals surface area contributed by atoms with Crippen LogP contribution >= 0.6 is 0 Å². The smallest absolute Gasteiger partial charge is 0.291 e. The third-order valence-corrected chi connectivity index (χ3v) is 4.63. The predicted octanol–water partition coefficient (Wildman–Crippen LogP) is 3.25. The molecule has 1 aromatic carbocycles. The molecule has 4 rings (SSSR count). The van der Waals surface area contributed by atoms with Gasteiger partial charge in [-0.2, -0.15) is 0 Å². The number of halogens is 2. The Kier molecular flexibility index (Phi) is 4.60. The van der Waals surface area contributed by atoms with Crippen LogP contribution in [0.25, 0.3) is 11.0 Å². The van der Waals surface area contributed by atoms with E-state index < -0.39 is 29.2 Å². The molecule has 0 aliphatic carbocycles. The molecule has 0 bridgehead atoms. The molecule has 0 unspecified atom stereocenters. The van der Waals surface area contributed by atoms with Crippen LogP contribution in [0.5, 0.6) is 0 Å². The first-order valence-corrected chi connectivity index (χ1v) is 8.76. The lowest BCUT2D eigenvalue weighted by molar-refractivity contribution is 0.0976. The van der Waals surface area contributed by atoms with Gasteiger partial charge in [-0.15, -0.1) is 0 Å². The second-order valence-corrected chi connectivity index (χ2v) is 6.64. The molecule has 9 heteroatoms. The molecule has 28 heavy (non-hydrogen) atoms.